The summed E-state index contributed by atoms with van der Waals surface area (Å²) in [6.45, 7) is 16.1. The van der Waals surface area contributed by atoms with Crippen LogP contribution in [-0.2, 0) is 11.2 Å². The van der Waals surface area contributed by atoms with Crippen LogP contribution >= 0.6 is 11.8 Å². The number of carbonyl (C=O) groups excluding carboxylic acids is 1. The molecule has 0 spiro atoms. The summed E-state index contributed by atoms with van der Waals surface area (Å²) >= 11 is 1.66. The number of rotatable bonds is 12. The minimum absolute atomic E-state index is 0.0370. The van der Waals surface area contributed by atoms with Gasteiger partial charge in [0, 0.05) is 17.5 Å². The fraction of sp³-hybridized carbons (Fsp3) is 0.462. The van der Waals surface area contributed by atoms with Crippen LogP contribution in [0.1, 0.15) is 78.4 Å². The quantitative estimate of drug-likeness (QED) is 0.257. The number of allylic oxidation sites excluding steroid dienone is 3. The lowest BCUT2D eigenvalue weighted by Gasteiger charge is -2.11. The normalized spacial score (nSPS) is 13.2. The lowest BCUT2D eigenvalue weighted by Crippen LogP contribution is -2.09. The van der Waals surface area contributed by atoms with Crippen molar-refractivity contribution in [2.24, 2.45) is 10.9 Å². The molecule has 0 radical (unpaired) electrons. The first-order valence-electron chi connectivity index (χ1n) is 10.6. The van der Waals surface area contributed by atoms with E-state index in [4.69, 9.17) is 0 Å². The van der Waals surface area contributed by atoms with Crippen LogP contribution in [0.4, 0.5) is 0 Å². The molecule has 158 valence electrons. The summed E-state index contributed by atoms with van der Waals surface area (Å²) in [5, 5.41) is 1.87. The standard InChI is InChI=1S/C26H37NOS/c1-8-10-13-20(5)21(6)27-25(22(7)28)17-12-15-23-14-11-16-24(18-23)26(19(3)4)29-9-2/h9,11,14,16-18,20H,2,8,10,12-13,15H2,1,3-7H3/b25-17-,27-21?. The van der Waals surface area contributed by atoms with Gasteiger partial charge in [-0.3, -0.25) is 9.79 Å². The number of hydrogen-bond acceptors (Lipinski definition) is 3. The minimum atomic E-state index is 0.0370. The molecule has 0 saturated heterocycles. The predicted octanol–water partition coefficient (Wildman–Crippen LogP) is 8.01. The molecule has 0 aliphatic rings. The fourth-order valence-corrected chi connectivity index (χ4v) is 3.75. The van der Waals surface area contributed by atoms with Gasteiger partial charge in [-0.25, -0.2) is 0 Å². The number of unbranched alkanes of at least 4 members (excludes halogenated alkanes) is 1. The van der Waals surface area contributed by atoms with Gasteiger partial charge in [0.25, 0.3) is 0 Å². The maximum absolute atomic E-state index is 12.1. The van der Waals surface area contributed by atoms with Crippen LogP contribution in [0, 0.1) is 5.92 Å². The van der Waals surface area contributed by atoms with Gasteiger partial charge in [0.2, 0.25) is 0 Å². The maximum Gasteiger partial charge on any atom is 0.177 e. The topological polar surface area (TPSA) is 29.4 Å². The van der Waals surface area contributed by atoms with E-state index in [1.54, 1.807) is 18.7 Å². The summed E-state index contributed by atoms with van der Waals surface area (Å²) in [5.74, 6) is 0.453. The molecule has 0 bridgehead atoms. The van der Waals surface area contributed by atoms with Crippen molar-refractivity contribution in [1.29, 1.82) is 0 Å². The first-order valence-corrected chi connectivity index (χ1v) is 11.5. The molecular weight excluding hydrogens is 374 g/mol. The monoisotopic (exact) mass is 411 g/mol. The first kappa shape index (κ1) is 25.2. The molecule has 0 saturated carbocycles. The van der Waals surface area contributed by atoms with Gasteiger partial charge in [0.05, 0.1) is 0 Å². The van der Waals surface area contributed by atoms with Gasteiger partial charge in [0.15, 0.2) is 5.78 Å². The summed E-state index contributed by atoms with van der Waals surface area (Å²) < 4.78 is 0. The summed E-state index contributed by atoms with van der Waals surface area (Å²) in [6.07, 6.45) is 7.19. The number of Topliss-reactive ketones (excluding diaryl/α,β-unsaturated/α-hetero) is 1. The molecule has 1 aromatic carbocycles. The summed E-state index contributed by atoms with van der Waals surface area (Å²) in [5.41, 5.74) is 5.42. The van der Waals surface area contributed by atoms with Crippen molar-refractivity contribution in [1.82, 2.24) is 0 Å². The van der Waals surface area contributed by atoms with E-state index < -0.39 is 0 Å². The molecule has 0 aliphatic heterocycles. The zero-order valence-electron chi connectivity index (χ0n) is 19.0. The molecule has 0 aromatic heterocycles. The van der Waals surface area contributed by atoms with E-state index in [0.29, 0.717) is 11.6 Å². The van der Waals surface area contributed by atoms with Gasteiger partial charge in [-0.2, -0.15) is 0 Å². The van der Waals surface area contributed by atoms with Crippen molar-refractivity contribution in [2.45, 2.75) is 73.6 Å². The minimum Gasteiger partial charge on any atom is -0.293 e. The fourth-order valence-electron chi connectivity index (χ4n) is 3.09. The van der Waals surface area contributed by atoms with Gasteiger partial charge >= 0.3 is 0 Å². The zero-order valence-corrected chi connectivity index (χ0v) is 19.9. The van der Waals surface area contributed by atoms with Gasteiger partial charge in [-0.05, 0) is 62.5 Å². The third-order valence-corrected chi connectivity index (χ3v) is 6.02. The number of benzene rings is 1. The summed E-state index contributed by atoms with van der Waals surface area (Å²) in [6, 6.07) is 8.63. The van der Waals surface area contributed by atoms with Crippen molar-refractivity contribution in [3.8, 4) is 0 Å². The Hall–Kier alpha value is -1.87. The smallest absolute Gasteiger partial charge is 0.177 e. The second kappa shape index (κ2) is 13.4. The Morgan fingerprint density at radius 2 is 1.97 bits per heavy atom. The number of aliphatic imine (C=N–C) groups is 1. The second-order valence-corrected chi connectivity index (χ2v) is 8.77. The number of ketones is 1. The van der Waals surface area contributed by atoms with Crippen molar-refractivity contribution in [2.75, 3.05) is 0 Å². The number of carbonyl (C=O) groups is 1. The lowest BCUT2D eigenvalue weighted by molar-refractivity contribution is -0.113. The van der Waals surface area contributed by atoms with E-state index in [0.717, 1.165) is 25.0 Å². The number of nitrogens with zero attached hydrogens (tertiary/aromatic N) is 1. The Labute approximate surface area is 182 Å². The zero-order chi connectivity index (χ0) is 21.8. The van der Waals surface area contributed by atoms with Crippen LogP contribution in [0.2, 0.25) is 0 Å². The first-order chi connectivity index (χ1) is 13.8. The molecule has 1 unspecified atom stereocenters. The van der Waals surface area contributed by atoms with E-state index >= 15 is 0 Å². The Kier molecular flexibility index (Phi) is 11.6. The van der Waals surface area contributed by atoms with Crippen LogP contribution in [0.5, 0.6) is 0 Å². The highest BCUT2D eigenvalue weighted by atomic mass is 32.2. The highest BCUT2D eigenvalue weighted by Gasteiger charge is 2.09. The van der Waals surface area contributed by atoms with E-state index in [1.165, 1.54) is 34.4 Å². The average Bonchev–Trinajstić information content (AvgIpc) is 2.69. The third kappa shape index (κ3) is 8.99. The molecule has 2 nitrogen and oxygen atoms in total. The molecule has 0 heterocycles. The Bertz CT molecular complexity index is 782. The van der Waals surface area contributed by atoms with Gasteiger partial charge in [-0.1, -0.05) is 80.9 Å². The van der Waals surface area contributed by atoms with E-state index in [2.05, 4.69) is 63.5 Å². The van der Waals surface area contributed by atoms with Crippen LogP contribution in [0.25, 0.3) is 4.91 Å². The lowest BCUT2D eigenvalue weighted by atomic mass is 9.99. The highest BCUT2D eigenvalue weighted by molar-refractivity contribution is 8.10. The van der Waals surface area contributed by atoms with Crippen LogP contribution in [0.15, 0.2) is 58.6 Å². The number of aryl methyl sites for hydroxylation is 1. The third-order valence-electron chi connectivity index (χ3n) is 4.98. The Morgan fingerprint density at radius 1 is 1.24 bits per heavy atom. The van der Waals surface area contributed by atoms with E-state index in [-0.39, 0.29) is 5.78 Å². The summed E-state index contributed by atoms with van der Waals surface area (Å²) in [7, 11) is 0. The molecule has 0 aliphatic carbocycles. The second-order valence-electron chi connectivity index (χ2n) is 7.79. The average molecular weight is 412 g/mol. The predicted molar refractivity (Wildman–Crippen MR) is 131 cm³/mol. The molecule has 0 N–H and O–H groups in total. The van der Waals surface area contributed by atoms with Crippen molar-refractivity contribution in [3.63, 3.8) is 0 Å². The van der Waals surface area contributed by atoms with Crippen LogP contribution in [0.3, 0.4) is 0 Å². The van der Waals surface area contributed by atoms with Crippen molar-refractivity contribution < 1.29 is 4.79 Å². The van der Waals surface area contributed by atoms with Crippen LogP contribution in [-0.4, -0.2) is 11.5 Å². The van der Waals surface area contributed by atoms with Gasteiger partial charge in [0.1, 0.15) is 5.70 Å². The number of thioether (sulfide) groups is 1. The Balaban J connectivity index is 2.91. The largest absolute Gasteiger partial charge is 0.293 e. The molecule has 3 heteroatoms. The maximum atomic E-state index is 12.1. The van der Waals surface area contributed by atoms with Gasteiger partial charge in [-0.15, -0.1) is 0 Å². The summed E-state index contributed by atoms with van der Waals surface area (Å²) in [4.78, 5) is 18.0. The van der Waals surface area contributed by atoms with E-state index in [9.17, 15) is 4.79 Å². The van der Waals surface area contributed by atoms with E-state index in [1.807, 2.05) is 18.4 Å². The molecule has 1 aromatic rings. The highest BCUT2D eigenvalue weighted by Crippen LogP contribution is 2.31. The Morgan fingerprint density at radius 3 is 2.55 bits per heavy atom. The van der Waals surface area contributed by atoms with Crippen molar-refractivity contribution in [3.05, 3.63) is 64.7 Å². The molecule has 0 fully saturated rings. The molecule has 29 heavy (non-hydrogen) atoms. The number of hydrogen-bond donors (Lipinski definition) is 0. The van der Waals surface area contributed by atoms with Gasteiger partial charge < -0.3 is 0 Å². The molecule has 1 atom stereocenters. The molecule has 1 rings (SSSR count). The molecular formula is C26H37NOS. The SMILES string of the molecule is C=CSC(=C(C)C)c1cccc(CC/C=C(\N=C(C)C(C)CCCC)C(C)=O)c1. The van der Waals surface area contributed by atoms with Crippen LogP contribution < -0.4 is 0 Å². The van der Waals surface area contributed by atoms with Crippen molar-refractivity contribution >= 4 is 28.2 Å². The molecule has 0 amide bonds.